The number of nitriles is 1. The molecule has 0 amide bonds. The minimum Gasteiger partial charge on any atom is -0.495 e. The molecule has 1 aromatic rings. The molecule has 5 nitrogen and oxygen atoms in total. The summed E-state index contributed by atoms with van der Waals surface area (Å²) in [7, 11) is 1.51. The van der Waals surface area contributed by atoms with E-state index in [1.165, 1.54) is 13.2 Å². The summed E-state index contributed by atoms with van der Waals surface area (Å²) in [6, 6.07) is 7.14. The highest BCUT2D eigenvalue weighted by Crippen LogP contribution is 2.27. The van der Waals surface area contributed by atoms with Gasteiger partial charge in [0.2, 0.25) is 0 Å². The van der Waals surface area contributed by atoms with Crippen LogP contribution in [0.1, 0.15) is 5.56 Å². The summed E-state index contributed by atoms with van der Waals surface area (Å²) in [5.41, 5.74) is 1.01. The van der Waals surface area contributed by atoms with Crippen LogP contribution in [0.3, 0.4) is 0 Å². The Balaban J connectivity index is 2.82. The molecule has 88 valence electrons. The van der Waals surface area contributed by atoms with Crippen molar-refractivity contribution < 1.29 is 14.6 Å². The smallest absolute Gasteiger partial charge is 0.328 e. The molecule has 0 bridgehead atoms. The van der Waals surface area contributed by atoms with E-state index in [4.69, 9.17) is 15.1 Å². The van der Waals surface area contributed by atoms with Crippen LogP contribution in [-0.4, -0.2) is 24.7 Å². The van der Waals surface area contributed by atoms with E-state index < -0.39 is 5.97 Å². The first-order valence-corrected chi connectivity index (χ1v) is 4.89. The molecule has 0 aromatic heterocycles. The van der Waals surface area contributed by atoms with Crippen LogP contribution in [0.5, 0.6) is 5.75 Å². The van der Waals surface area contributed by atoms with Crippen molar-refractivity contribution in [2.45, 2.75) is 0 Å². The van der Waals surface area contributed by atoms with E-state index in [1.54, 1.807) is 18.2 Å². The predicted octanol–water partition coefficient (Wildman–Crippen LogP) is 1.62. The van der Waals surface area contributed by atoms with E-state index in [0.29, 0.717) is 23.5 Å². The van der Waals surface area contributed by atoms with E-state index in [1.807, 2.05) is 6.07 Å². The number of carbonyl (C=O) groups is 1. The second kappa shape index (κ2) is 6.18. The number of nitrogens with zero attached hydrogens (tertiary/aromatic N) is 1. The van der Waals surface area contributed by atoms with Gasteiger partial charge in [-0.25, -0.2) is 4.79 Å². The molecule has 0 unspecified atom stereocenters. The minimum absolute atomic E-state index is 0.307. The number of anilines is 1. The zero-order valence-electron chi connectivity index (χ0n) is 9.30. The second-order valence-electron chi connectivity index (χ2n) is 3.12. The number of methoxy groups -OCH3 is 1. The molecule has 17 heavy (non-hydrogen) atoms. The standard InChI is InChI=1S/C12H12N2O3/c1-17-10-5-2-4-9(8-13)12(10)14-7-3-6-11(15)16/h2-6,14H,7H2,1H3,(H,15,16)/b6-3+. The van der Waals surface area contributed by atoms with Crippen molar-refractivity contribution in [3.8, 4) is 11.8 Å². The predicted molar refractivity (Wildman–Crippen MR) is 63.0 cm³/mol. The van der Waals surface area contributed by atoms with Crippen LogP contribution in [0.25, 0.3) is 0 Å². The van der Waals surface area contributed by atoms with E-state index in [9.17, 15) is 4.79 Å². The van der Waals surface area contributed by atoms with Crippen molar-refractivity contribution in [1.82, 2.24) is 0 Å². The van der Waals surface area contributed by atoms with Crippen LogP contribution >= 0.6 is 0 Å². The lowest BCUT2D eigenvalue weighted by Crippen LogP contribution is -2.03. The minimum atomic E-state index is -1.01. The van der Waals surface area contributed by atoms with Gasteiger partial charge in [-0.2, -0.15) is 5.26 Å². The fourth-order valence-electron chi connectivity index (χ4n) is 1.30. The summed E-state index contributed by atoms with van der Waals surface area (Å²) in [5.74, 6) is -0.458. The van der Waals surface area contributed by atoms with Gasteiger partial charge in [0, 0.05) is 12.6 Å². The number of nitrogens with one attached hydrogen (secondary N) is 1. The molecule has 0 saturated carbocycles. The Kier molecular flexibility index (Phi) is 4.58. The zero-order valence-corrected chi connectivity index (χ0v) is 9.30. The van der Waals surface area contributed by atoms with Gasteiger partial charge in [-0.1, -0.05) is 12.1 Å². The van der Waals surface area contributed by atoms with Crippen molar-refractivity contribution in [3.63, 3.8) is 0 Å². The molecular formula is C12H12N2O3. The number of benzene rings is 1. The summed E-state index contributed by atoms with van der Waals surface area (Å²) < 4.78 is 5.11. The number of carboxylic acids is 1. The average molecular weight is 232 g/mol. The van der Waals surface area contributed by atoms with Crippen molar-refractivity contribution in [2.24, 2.45) is 0 Å². The van der Waals surface area contributed by atoms with Gasteiger partial charge in [0.15, 0.2) is 0 Å². The van der Waals surface area contributed by atoms with Crippen molar-refractivity contribution in [2.75, 3.05) is 19.0 Å². The number of ether oxygens (including phenoxy) is 1. The van der Waals surface area contributed by atoms with Gasteiger partial charge in [0.05, 0.1) is 18.4 Å². The van der Waals surface area contributed by atoms with Crippen LogP contribution in [0.15, 0.2) is 30.4 Å². The Morgan fingerprint density at radius 1 is 1.65 bits per heavy atom. The fourth-order valence-corrected chi connectivity index (χ4v) is 1.30. The van der Waals surface area contributed by atoms with Gasteiger partial charge in [0.25, 0.3) is 0 Å². The van der Waals surface area contributed by atoms with Crippen LogP contribution in [-0.2, 0) is 4.79 Å². The molecule has 5 heteroatoms. The van der Waals surface area contributed by atoms with Gasteiger partial charge >= 0.3 is 5.97 Å². The van der Waals surface area contributed by atoms with Crippen LogP contribution in [0.4, 0.5) is 5.69 Å². The van der Waals surface area contributed by atoms with Crippen LogP contribution < -0.4 is 10.1 Å². The van der Waals surface area contributed by atoms with E-state index >= 15 is 0 Å². The lowest BCUT2D eigenvalue weighted by atomic mass is 10.2. The Bertz CT molecular complexity index is 475. The highest BCUT2D eigenvalue weighted by molar-refractivity contribution is 5.79. The van der Waals surface area contributed by atoms with Gasteiger partial charge in [-0.15, -0.1) is 0 Å². The van der Waals surface area contributed by atoms with Crippen molar-refractivity contribution in [3.05, 3.63) is 35.9 Å². The fraction of sp³-hybridized carbons (Fsp3) is 0.167. The lowest BCUT2D eigenvalue weighted by molar-refractivity contribution is -0.131. The van der Waals surface area contributed by atoms with Crippen LogP contribution in [0.2, 0.25) is 0 Å². The summed E-state index contributed by atoms with van der Waals surface area (Å²) in [5, 5.41) is 20.3. The normalized spacial score (nSPS) is 9.88. The van der Waals surface area contributed by atoms with Gasteiger partial charge in [-0.05, 0) is 12.1 Å². The summed E-state index contributed by atoms with van der Waals surface area (Å²) in [6.45, 7) is 0.307. The molecule has 2 N–H and O–H groups in total. The molecule has 0 aliphatic rings. The van der Waals surface area contributed by atoms with Crippen molar-refractivity contribution >= 4 is 11.7 Å². The molecule has 0 spiro atoms. The summed E-state index contributed by atoms with van der Waals surface area (Å²) >= 11 is 0. The van der Waals surface area contributed by atoms with E-state index in [-0.39, 0.29) is 0 Å². The summed E-state index contributed by atoms with van der Waals surface area (Å²) in [6.07, 6.45) is 2.49. The number of aliphatic carboxylic acids is 1. The number of hydrogen-bond acceptors (Lipinski definition) is 4. The summed E-state index contributed by atoms with van der Waals surface area (Å²) in [4.78, 5) is 10.3. The van der Waals surface area contributed by atoms with Crippen LogP contribution in [0, 0.1) is 11.3 Å². The largest absolute Gasteiger partial charge is 0.495 e. The SMILES string of the molecule is COc1cccc(C#N)c1NC/C=C/C(=O)O. The maximum Gasteiger partial charge on any atom is 0.328 e. The van der Waals surface area contributed by atoms with Gasteiger partial charge in [0.1, 0.15) is 11.8 Å². The monoisotopic (exact) mass is 232 g/mol. The molecule has 0 saturated heterocycles. The zero-order chi connectivity index (χ0) is 12.7. The molecule has 0 fully saturated rings. The second-order valence-corrected chi connectivity index (χ2v) is 3.12. The number of rotatable bonds is 5. The Morgan fingerprint density at radius 2 is 2.41 bits per heavy atom. The average Bonchev–Trinajstić information content (AvgIpc) is 2.34. The maximum absolute atomic E-state index is 10.3. The first-order chi connectivity index (χ1) is 8.19. The van der Waals surface area contributed by atoms with Crippen molar-refractivity contribution in [1.29, 1.82) is 5.26 Å². The Labute approximate surface area is 98.9 Å². The van der Waals surface area contributed by atoms with Gasteiger partial charge in [-0.3, -0.25) is 0 Å². The quantitative estimate of drug-likeness (QED) is 0.754. The topological polar surface area (TPSA) is 82.3 Å². The molecule has 0 aliphatic carbocycles. The highest BCUT2D eigenvalue weighted by Gasteiger charge is 2.06. The highest BCUT2D eigenvalue weighted by atomic mass is 16.5. The Morgan fingerprint density at radius 3 is 3.00 bits per heavy atom. The Hall–Kier alpha value is -2.48. The van der Waals surface area contributed by atoms with E-state index in [2.05, 4.69) is 5.32 Å². The molecule has 1 rings (SSSR count). The molecular weight excluding hydrogens is 220 g/mol. The molecule has 0 aliphatic heterocycles. The number of para-hydroxylation sites is 1. The number of carboxylic acid groups (broad SMARTS) is 1. The molecule has 1 aromatic carbocycles. The third-order valence-electron chi connectivity index (χ3n) is 2.02. The number of hydrogen-bond donors (Lipinski definition) is 2. The lowest BCUT2D eigenvalue weighted by Gasteiger charge is -2.10. The van der Waals surface area contributed by atoms with Gasteiger partial charge < -0.3 is 15.2 Å². The first kappa shape index (κ1) is 12.6. The molecule has 0 radical (unpaired) electrons. The maximum atomic E-state index is 10.3. The molecule has 0 atom stereocenters. The molecule has 0 heterocycles. The third-order valence-corrected chi connectivity index (χ3v) is 2.02. The first-order valence-electron chi connectivity index (χ1n) is 4.89. The van der Waals surface area contributed by atoms with E-state index in [0.717, 1.165) is 6.08 Å². The third kappa shape index (κ3) is 3.54.